The summed E-state index contributed by atoms with van der Waals surface area (Å²) >= 11 is 1.64. The van der Waals surface area contributed by atoms with E-state index in [0.717, 1.165) is 40.3 Å². The van der Waals surface area contributed by atoms with E-state index in [1.165, 1.54) is 0 Å². The molecule has 2 aromatic heterocycles. The molecule has 122 valence electrons. The first-order chi connectivity index (χ1) is 11.6. The van der Waals surface area contributed by atoms with Crippen molar-refractivity contribution in [3.8, 4) is 0 Å². The Morgan fingerprint density at radius 1 is 1.25 bits per heavy atom. The fourth-order valence-corrected chi connectivity index (χ4v) is 4.36. The first kappa shape index (κ1) is 15.2. The molecule has 3 heterocycles. The maximum Gasteiger partial charge on any atom is 0.241 e. The standard InChI is InChI=1S/C18H18N4OS/c1-12-11-17(21(2)20-12)22-10-8-16(18(22)23)24-15-7-9-19-14-6-4-3-5-13(14)15/h3-7,9,11,16H,8,10H2,1-2H3. The lowest BCUT2D eigenvalue weighted by Gasteiger charge is -2.16. The SMILES string of the molecule is Cc1cc(N2CCC(Sc3ccnc4ccccc34)C2=O)n(C)n1. The molecular weight excluding hydrogens is 320 g/mol. The number of hydrogen-bond acceptors (Lipinski definition) is 4. The molecule has 1 aliphatic heterocycles. The van der Waals surface area contributed by atoms with Crippen LogP contribution in [0.3, 0.4) is 0 Å². The van der Waals surface area contributed by atoms with Crippen molar-refractivity contribution in [2.24, 2.45) is 7.05 Å². The number of fused-ring (bicyclic) bond motifs is 1. The van der Waals surface area contributed by atoms with Crippen LogP contribution in [0, 0.1) is 6.92 Å². The highest BCUT2D eigenvalue weighted by Crippen LogP contribution is 2.36. The molecule has 0 saturated carbocycles. The number of aromatic nitrogens is 3. The van der Waals surface area contributed by atoms with Gasteiger partial charge in [0.15, 0.2) is 0 Å². The molecule has 6 heteroatoms. The zero-order chi connectivity index (χ0) is 16.7. The number of hydrogen-bond donors (Lipinski definition) is 0. The maximum atomic E-state index is 12.9. The van der Waals surface area contributed by atoms with Crippen LogP contribution in [0.1, 0.15) is 12.1 Å². The summed E-state index contributed by atoms with van der Waals surface area (Å²) in [5.41, 5.74) is 1.89. The van der Waals surface area contributed by atoms with Crippen molar-refractivity contribution in [1.82, 2.24) is 14.8 Å². The summed E-state index contributed by atoms with van der Waals surface area (Å²) in [5.74, 6) is 1.03. The number of aryl methyl sites for hydroxylation is 2. The Morgan fingerprint density at radius 3 is 2.88 bits per heavy atom. The Kier molecular flexibility index (Phi) is 3.76. The molecule has 1 amide bonds. The molecule has 0 aliphatic carbocycles. The Hall–Kier alpha value is -2.34. The predicted molar refractivity (Wildman–Crippen MR) is 96.3 cm³/mol. The van der Waals surface area contributed by atoms with E-state index >= 15 is 0 Å². The molecule has 0 spiro atoms. The summed E-state index contributed by atoms with van der Waals surface area (Å²) in [5, 5.41) is 5.39. The summed E-state index contributed by atoms with van der Waals surface area (Å²) in [7, 11) is 1.88. The quantitative estimate of drug-likeness (QED) is 0.736. The van der Waals surface area contributed by atoms with Gasteiger partial charge in [0, 0.05) is 36.1 Å². The van der Waals surface area contributed by atoms with Gasteiger partial charge in [-0.15, -0.1) is 11.8 Å². The van der Waals surface area contributed by atoms with E-state index in [9.17, 15) is 4.79 Å². The van der Waals surface area contributed by atoms with Crippen molar-refractivity contribution in [2.75, 3.05) is 11.4 Å². The molecule has 1 fully saturated rings. The zero-order valence-corrected chi connectivity index (χ0v) is 14.5. The van der Waals surface area contributed by atoms with Crippen LogP contribution in [0.2, 0.25) is 0 Å². The van der Waals surface area contributed by atoms with Crippen LogP contribution in [0.25, 0.3) is 10.9 Å². The Bertz CT molecular complexity index is 915. The van der Waals surface area contributed by atoms with Gasteiger partial charge in [-0.05, 0) is 25.5 Å². The van der Waals surface area contributed by atoms with E-state index in [-0.39, 0.29) is 11.2 Å². The zero-order valence-electron chi connectivity index (χ0n) is 13.6. The molecule has 1 atom stereocenters. The molecule has 1 aromatic carbocycles. The van der Waals surface area contributed by atoms with Crippen molar-refractivity contribution in [3.05, 3.63) is 48.3 Å². The van der Waals surface area contributed by atoms with E-state index in [1.54, 1.807) is 16.4 Å². The van der Waals surface area contributed by atoms with Crippen molar-refractivity contribution < 1.29 is 4.79 Å². The number of rotatable bonds is 3. The molecule has 24 heavy (non-hydrogen) atoms. The van der Waals surface area contributed by atoms with Gasteiger partial charge in [0.1, 0.15) is 5.82 Å². The van der Waals surface area contributed by atoms with Crippen molar-refractivity contribution in [2.45, 2.75) is 23.5 Å². The summed E-state index contributed by atoms with van der Waals surface area (Å²) in [6.45, 7) is 2.68. The van der Waals surface area contributed by atoms with E-state index in [1.807, 2.05) is 55.4 Å². The number of carbonyl (C=O) groups is 1. The normalized spacial score (nSPS) is 17.8. The number of thioether (sulfide) groups is 1. The maximum absolute atomic E-state index is 12.9. The molecule has 3 aromatic rings. The molecule has 1 saturated heterocycles. The van der Waals surface area contributed by atoms with Crippen LogP contribution in [-0.4, -0.2) is 32.5 Å². The first-order valence-corrected chi connectivity index (χ1v) is 8.84. The predicted octanol–water partition coefficient (Wildman–Crippen LogP) is 3.17. The minimum absolute atomic E-state index is 0.0639. The second-order valence-electron chi connectivity index (χ2n) is 5.98. The third kappa shape index (κ3) is 2.57. The smallest absolute Gasteiger partial charge is 0.241 e. The molecule has 1 unspecified atom stereocenters. The Morgan fingerprint density at radius 2 is 2.08 bits per heavy atom. The largest absolute Gasteiger partial charge is 0.296 e. The number of carbonyl (C=O) groups excluding carboxylic acids is 1. The van der Waals surface area contributed by atoms with Crippen LogP contribution < -0.4 is 4.90 Å². The Labute approximate surface area is 144 Å². The van der Waals surface area contributed by atoms with Gasteiger partial charge in [0.05, 0.1) is 16.5 Å². The van der Waals surface area contributed by atoms with Gasteiger partial charge in [-0.3, -0.25) is 19.4 Å². The van der Waals surface area contributed by atoms with E-state index < -0.39 is 0 Å². The van der Waals surface area contributed by atoms with Crippen molar-refractivity contribution in [1.29, 1.82) is 0 Å². The third-order valence-corrected chi connectivity index (χ3v) is 5.62. The van der Waals surface area contributed by atoms with E-state index in [2.05, 4.69) is 16.1 Å². The van der Waals surface area contributed by atoms with Gasteiger partial charge in [0.2, 0.25) is 5.91 Å². The average Bonchev–Trinajstić information content (AvgIpc) is 3.10. The summed E-state index contributed by atoms with van der Waals surface area (Å²) in [6, 6.07) is 12.0. The Balaban J connectivity index is 1.60. The highest BCUT2D eigenvalue weighted by molar-refractivity contribution is 8.00. The molecule has 5 nitrogen and oxygen atoms in total. The van der Waals surface area contributed by atoms with Crippen molar-refractivity contribution in [3.63, 3.8) is 0 Å². The second kappa shape index (κ2) is 5.94. The van der Waals surface area contributed by atoms with Gasteiger partial charge in [-0.2, -0.15) is 5.10 Å². The van der Waals surface area contributed by atoms with Crippen LogP contribution in [0.15, 0.2) is 47.5 Å². The number of pyridine rings is 1. The van der Waals surface area contributed by atoms with E-state index in [4.69, 9.17) is 0 Å². The fourth-order valence-electron chi connectivity index (χ4n) is 3.17. The highest BCUT2D eigenvalue weighted by atomic mass is 32.2. The van der Waals surface area contributed by atoms with Gasteiger partial charge >= 0.3 is 0 Å². The second-order valence-corrected chi connectivity index (χ2v) is 7.22. The lowest BCUT2D eigenvalue weighted by atomic mass is 10.2. The van der Waals surface area contributed by atoms with Crippen LogP contribution >= 0.6 is 11.8 Å². The lowest BCUT2D eigenvalue weighted by molar-refractivity contribution is -0.116. The topological polar surface area (TPSA) is 51.0 Å². The monoisotopic (exact) mass is 338 g/mol. The van der Waals surface area contributed by atoms with E-state index in [0.29, 0.717) is 0 Å². The molecule has 0 bridgehead atoms. The third-order valence-electron chi connectivity index (χ3n) is 4.29. The molecule has 0 N–H and O–H groups in total. The summed E-state index contributed by atoms with van der Waals surface area (Å²) < 4.78 is 1.78. The lowest BCUT2D eigenvalue weighted by Crippen LogP contribution is -2.29. The first-order valence-electron chi connectivity index (χ1n) is 7.96. The van der Waals surface area contributed by atoms with Crippen molar-refractivity contribution >= 4 is 34.4 Å². The van der Waals surface area contributed by atoms with Crippen LogP contribution in [0.4, 0.5) is 5.82 Å². The number of nitrogens with zero attached hydrogens (tertiary/aromatic N) is 4. The van der Waals surface area contributed by atoms with Gasteiger partial charge in [-0.1, -0.05) is 18.2 Å². The highest BCUT2D eigenvalue weighted by Gasteiger charge is 2.35. The summed E-state index contributed by atoms with van der Waals surface area (Å²) in [6.07, 6.45) is 2.65. The summed E-state index contributed by atoms with van der Waals surface area (Å²) in [4.78, 5) is 20.2. The van der Waals surface area contributed by atoms with Gasteiger partial charge in [0.25, 0.3) is 0 Å². The molecule has 0 radical (unpaired) electrons. The molecule has 4 rings (SSSR count). The van der Waals surface area contributed by atoms with Gasteiger partial charge < -0.3 is 0 Å². The number of amides is 1. The fraction of sp³-hybridized carbons (Fsp3) is 0.278. The minimum Gasteiger partial charge on any atom is -0.296 e. The van der Waals surface area contributed by atoms with Crippen LogP contribution in [0.5, 0.6) is 0 Å². The number of para-hydroxylation sites is 1. The minimum atomic E-state index is -0.0639. The molecule has 1 aliphatic rings. The number of anilines is 1. The van der Waals surface area contributed by atoms with Crippen LogP contribution in [-0.2, 0) is 11.8 Å². The average molecular weight is 338 g/mol. The molecular formula is C18H18N4OS. The number of benzene rings is 1. The van der Waals surface area contributed by atoms with Gasteiger partial charge in [-0.25, -0.2) is 0 Å².